The number of methoxy groups -OCH3 is 1. The van der Waals surface area contributed by atoms with Crippen LogP contribution in [0.25, 0.3) is 0 Å². The van der Waals surface area contributed by atoms with Crippen LogP contribution in [0.15, 0.2) is 29.6 Å². The molecule has 0 amide bonds. The highest BCUT2D eigenvalue weighted by atomic mass is 32.1. The third-order valence-corrected chi connectivity index (χ3v) is 3.73. The number of aliphatic hydroxyl groups is 1. The summed E-state index contributed by atoms with van der Waals surface area (Å²) in [5, 5.41) is 13.6. The minimum atomic E-state index is -0.910. The molecule has 0 saturated heterocycles. The molecule has 0 aliphatic heterocycles. The zero-order valence-electron chi connectivity index (χ0n) is 10.8. The van der Waals surface area contributed by atoms with Gasteiger partial charge in [0.2, 0.25) is 0 Å². The number of ether oxygens (including phenoxy) is 1. The Kier molecular flexibility index (Phi) is 3.68. The maximum Gasteiger partial charge on any atom is 0.118 e. The van der Waals surface area contributed by atoms with E-state index >= 15 is 0 Å². The van der Waals surface area contributed by atoms with Gasteiger partial charge in [-0.2, -0.15) is 0 Å². The van der Waals surface area contributed by atoms with Crippen molar-refractivity contribution in [2.45, 2.75) is 25.9 Å². The highest BCUT2D eigenvalue weighted by Gasteiger charge is 2.24. The van der Waals surface area contributed by atoms with E-state index in [9.17, 15) is 5.11 Å². The molecule has 0 saturated carbocycles. The first kappa shape index (κ1) is 13.1. The molecular weight excluding hydrogens is 246 g/mol. The van der Waals surface area contributed by atoms with Crippen LogP contribution in [0.2, 0.25) is 0 Å². The first-order chi connectivity index (χ1) is 8.51. The van der Waals surface area contributed by atoms with E-state index in [-0.39, 0.29) is 0 Å². The molecule has 1 unspecified atom stereocenters. The summed E-state index contributed by atoms with van der Waals surface area (Å²) < 4.78 is 5.11. The quantitative estimate of drug-likeness (QED) is 0.922. The van der Waals surface area contributed by atoms with Gasteiger partial charge in [0, 0.05) is 11.8 Å². The van der Waals surface area contributed by atoms with Crippen LogP contribution < -0.4 is 4.74 Å². The average molecular weight is 263 g/mol. The van der Waals surface area contributed by atoms with Gasteiger partial charge in [-0.1, -0.05) is 12.1 Å². The largest absolute Gasteiger partial charge is 0.497 e. The SMILES string of the molecule is COc1ccc(C(C)(O)Cc2csc(C)n2)cc1. The van der Waals surface area contributed by atoms with Gasteiger partial charge in [0.15, 0.2) is 0 Å². The van der Waals surface area contributed by atoms with E-state index in [1.165, 1.54) is 0 Å². The molecule has 1 atom stereocenters. The van der Waals surface area contributed by atoms with Crippen LogP contribution in [0.4, 0.5) is 0 Å². The van der Waals surface area contributed by atoms with Gasteiger partial charge in [0.25, 0.3) is 0 Å². The van der Waals surface area contributed by atoms with Crippen LogP contribution in [0, 0.1) is 6.92 Å². The number of nitrogens with zero attached hydrogens (tertiary/aromatic N) is 1. The molecule has 0 aliphatic carbocycles. The van der Waals surface area contributed by atoms with E-state index in [0.717, 1.165) is 22.0 Å². The maximum absolute atomic E-state index is 10.5. The number of aromatic nitrogens is 1. The Morgan fingerprint density at radius 2 is 2.00 bits per heavy atom. The van der Waals surface area contributed by atoms with Gasteiger partial charge < -0.3 is 9.84 Å². The van der Waals surface area contributed by atoms with Gasteiger partial charge in [-0.3, -0.25) is 0 Å². The fraction of sp³-hybridized carbons (Fsp3) is 0.357. The Bertz CT molecular complexity index is 517. The van der Waals surface area contributed by atoms with Gasteiger partial charge in [0.1, 0.15) is 5.75 Å². The lowest BCUT2D eigenvalue weighted by Gasteiger charge is -2.23. The van der Waals surface area contributed by atoms with E-state index in [1.54, 1.807) is 18.4 Å². The summed E-state index contributed by atoms with van der Waals surface area (Å²) >= 11 is 1.60. The van der Waals surface area contributed by atoms with E-state index < -0.39 is 5.60 Å². The van der Waals surface area contributed by atoms with Gasteiger partial charge in [0.05, 0.1) is 23.4 Å². The zero-order chi connectivity index (χ0) is 13.2. The topological polar surface area (TPSA) is 42.4 Å². The highest BCUT2D eigenvalue weighted by molar-refractivity contribution is 7.09. The number of benzene rings is 1. The number of rotatable bonds is 4. The monoisotopic (exact) mass is 263 g/mol. The predicted molar refractivity (Wildman–Crippen MR) is 73.1 cm³/mol. The Labute approximate surface area is 111 Å². The number of aryl methyl sites for hydroxylation is 1. The Balaban J connectivity index is 2.18. The summed E-state index contributed by atoms with van der Waals surface area (Å²) in [5.41, 5.74) is 0.888. The van der Waals surface area contributed by atoms with Gasteiger partial charge in [-0.05, 0) is 31.5 Å². The van der Waals surface area contributed by atoms with Crippen LogP contribution in [0.5, 0.6) is 5.75 Å². The van der Waals surface area contributed by atoms with Crippen molar-refractivity contribution in [2.24, 2.45) is 0 Å². The second kappa shape index (κ2) is 5.08. The molecule has 1 heterocycles. The van der Waals surface area contributed by atoms with Crippen molar-refractivity contribution in [1.82, 2.24) is 4.98 Å². The molecular formula is C14H17NO2S. The fourth-order valence-electron chi connectivity index (χ4n) is 1.89. The van der Waals surface area contributed by atoms with Crippen molar-refractivity contribution in [1.29, 1.82) is 0 Å². The zero-order valence-corrected chi connectivity index (χ0v) is 11.6. The minimum Gasteiger partial charge on any atom is -0.497 e. The summed E-state index contributed by atoms with van der Waals surface area (Å²) in [6.45, 7) is 3.78. The number of hydrogen-bond acceptors (Lipinski definition) is 4. The molecule has 18 heavy (non-hydrogen) atoms. The second-order valence-electron chi connectivity index (χ2n) is 4.54. The summed E-state index contributed by atoms with van der Waals surface area (Å²) in [4.78, 5) is 4.39. The summed E-state index contributed by atoms with van der Waals surface area (Å²) in [6, 6.07) is 7.49. The van der Waals surface area contributed by atoms with E-state index in [2.05, 4.69) is 4.98 Å². The van der Waals surface area contributed by atoms with Crippen LogP contribution in [-0.4, -0.2) is 17.2 Å². The lowest BCUT2D eigenvalue weighted by atomic mass is 9.91. The molecule has 0 aliphatic rings. The first-order valence-corrected chi connectivity index (χ1v) is 6.67. The van der Waals surface area contributed by atoms with E-state index in [1.807, 2.05) is 43.5 Å². The van der Waals surface area contributed by atoms with Gasteiger partial charge in [-0.25, -0.2) is 4.98 Å². The number of thiazole rings is 1. The summed E-state index contributed by atoms with van der Waals surface area (Å²) in [6.07, 6.45) is 0.518. The van der Waals surface area contributed by atoms with Crippen molar-refractivity contribution in [3.05, 3.63) is 45.9 Å². The molecule has 1 aromatic carbocycles. The molecule has 0 bridgehead atoms. The highest BCUT2D eigenvalue weighted by Crippen LogP contribution is 2.27. The average Bonchev–Trinajstić information content (AvgIpc) is 2.74. The van der Waals surface area contributed by atoms with Crippen LogP contribution in [-0.2, 0) is 12.0 Å². The Morgan fingerprint density at radius 3 is 2.50 bits per heavy atom. The fourth-order valence-corrected chi connectivity index (χ4v) is 2.51. The lowest BCUT2D eigenvalue weighted by Crippen LogP contribution is -2.24. The molecule has 2 rings (SSSR count). The third kappa shape index (κ3) is 2.89. The molecule has 2 aromatic rings. The lowest BCUT2D eigenvalue weighted by molar-refractivity contribution is 0.0567. The molecule has 96 valence electrons. The Hall–Kier alpha value is -1.39. The van der Waals surface area contributed by atoms with Gasteiger partial charge >= 0.3 is 0 Å². The normalized spacial score (nSPS) is 14.2. The third-order valence-electron chi connectivity index (χ3n) is 2.90. The van der Waals surface area contributed by atoms with Crippen LogP contribution in [0.1, 0.15) is 23.2 Å². The maximum atomic E-state index is 10.5. The van der Waals surface area contributed by atoms with Crippen molar-refractivity contribution in [2.75, 3.05) is 7.11 Å². The van der Waals surface area contributed by atoms with Crippen LogP contribution in [0.3, 0.4) is 0 Å². The summed E-state index contributed by atoms with van der Waals surface area (Å²) in [7, 11) is 1.63. The molecule has 1 N–H and O–H groups in total. The van der Waals surface area contributed by atoms with Crippen molar-refractivity contribution < 1.29 is 9.84 Å². The molecule has 0 spiro atoms. The van der Waals surface area contributed by atoms with Gasteiger partial charge in [-0.15, -0.1) is 11.3 Å². The molecule has 4 heteroatoms. The molecule has 1 aromatic heterocycles. The summed E-state index contributed by atoms with van der Waals surface area (Å²) in [5.74, 6) is 0.791. The molecule has 0 radical (unpaired) electrons. The smallest absolute Gasteiger partial charge is 0.118 e. The molecule has 0 fully saturated rings. The van der Waals surface area contributed by atoms with Crippen LogP contribution >= 0.6 is 11.3 Å². The van der Waals surface area contributed by atoms with Crippen molar-refractivity contribution in [3.63, 3.8) is 0 Å². The van der Waals surface area contributed by atoms with E-state index in [0.29, 0.717) is 6.42 Å². The van der Waals surface area contributed by atoms with Crippen molar-refractivity contribution in [3.8, 4) is 5.75 Å². The second-order valence-corrected chi connectivity index (χ2v) is 5.60. The Morgan fingerprint density at radius 1 is 1.33 bits per heavy atom. The van der Waals surface area contributed by atoms with E-state index in [4.69, 9.17) is 4.74 Å². The van der Waals surface area contributed by atoms with Crippen molar-refractivity contribution >= 4 is 11.3 Å². The first-order valence-electron chi connectivity index (χ1n) is 5.79. The number of hydrogen-bond donors (Lipinski definition) is 1. The molecule has 3 nitrogen and oxygen atoms in total. The predicted octanol–water partition coefficient (Wildman–Crippen LogP) is 2.91. The standard InChI is InChI=1S/C14H17NO2S/c1-10-15-12(9-18-10)8-14(2,16)11-4-6-13(17-3)7-5-11/h4-7,9,16H,8H2,1-3H3. The minimum absolute atomic E-state index is 0.518.